The molecule has 7 heteroatoms. The normalized spacial score (nSPS) is 13.0. The van der Waals surface area contributed by atoms with E-state index in [2.05, 4.69) is 31.2 Å². The summed E-state index contributed by atoms with van der Waals surface area (Å²) in [5, 5.41) is 12.1. The molecule has 0 saturated carbocycles. The highest BCUT2D eigenvalue weighted by molar-refractivity contribution is 5.60. The molecule has 0 bridgehead atoms. The minimum atomic E-state index is -0.408. The summed E-state index contributed by atoms with van der Waals surface area (Å²) in [6.45, 7) is 3.43. The molecule has 3 aromatic rings. The number of halogens is 1. The van der Waals surface area contributed by atoms with Gasteiger partial charge in [0.1, 0.15) is 11.9 Å². The van der Waals surface area contributed by atoms with E-state index in [0.29, 0.717) is 17.8 Å². The Morgan fingerprint density at radius 3 is 2.89 bits per heavy atom. The first kappa shape index (κ1) is 16.9. The molecule has 0 atom stereocenters. The molecular weight excluding hydrogens is 343 g/mol. The largest absolute Gasteiger partial charge is 0.352 e. The van der Waals surface area contributed by atoms with Crippen LogP contribution in [0.3, 0.4) is 0 Å². The van der Waals surface area contributed by atoms with Gasteiger partial charge < -0.3 is 10.2 Å². The van der Waals surface area contributed by atoms with Gasteiger partial charge in [0.2, 0.25) is 0 Å². The van der Waals surface area contributed by atoms with E-state index in [1.807, 2.05) is 19.1 Å². The average molecular weight is 360 g/mol. The minimum Gasteiger partial charge on any atom is -0.352 e. The Balaban J connectivity index is 1.59. The molecular formula is C20H17FN6. The number of aryl methyl sites for hydroxylation is 1. The van der Waals surface area contributed by atoms with Gasteiger partial charge in [0, 0.05) is 37.6 Å². The number of nitrogens with zero attached hydrogens (tertiary/aromatic N) is 5. The second kappa shape index (κ2) is 7.00. The van der Waals surface area contributed by atoms with E-state index in [4.69, 9.17) is 5.26 Å². The number of nitrogens with one attached hydrogen (secondary N) is 1. The Kier molecular flexibility index (Phi) is 4.38. The van der Waals surface area contributed by atoms with E-state index in [1.54, 1.807) is 24.7 Å². The SMILES string of the molecule is Cc1cc(C#N)cnc1N1CCc2ncc(Nc3ccncc3F)cc2C1. The zero-order valence-electron chi connectivity index (χ0n) is 14.8. The van der Waals surface area contributed by atoms with Crippen molar-refractivity contribution in [2.45, 2.75) is 19.9 Å². The molecule has 0 spiro atoms. The van der Waals surface area contributed by atoms with Crippen LogP contribution in [0.15, 0.2) is 43.0 Å². The van der Waals surface area contributed by atoms with Gasteiger partial charge in [-0.1, -0.05) is 0 Å². The maximum Gasteiger partial charge on any atom is 0.164 e. The van der Waals surface area contributed by atoms with Gasteiger partial charge in [-0.2, -0.15) is 5.26 Å². The Morgan fingerprint density at radius 1 is 1.22 bits per heavy atom. The first-order valence-electron chi connectivity index (χ1n) is 8.60. The summed E-state index contributed by atoms with van der Waals surface area (Å²) in [6, 6.07) is 7.54. The van der Waals surface area contributed by atoms with Crippen LogP contribution in [0.25, 0.3) is 0 Å². The van der Waals surface area contributed by atoms with E-state index in [1.165, 1.54) is 6.20 Å². The molecule has 1 N–H and O–H groups in total. The molecule has 3 aromatic heterocycles. The van der Waals surface area contributed by atoms with Crippen molar-refractivity contribution in [2.24, 2.45) is 0 Å². The van der Waals surface area contributed by atoms with Crippen LogP contribution in [0.1, 0.15) is 22.4 Å². The molecule has 0 aromatic carbocycles. The van der Waals surface area contributed by atoms with Crippen molar-refractivity contribution < 1.29 is 4.39 Å². The number of fused-ring (bicyclic) bond motifs is 1. The molecule has 1 aliphatic heterocycles. The quantitative estimate of drug-likeness (QED) is 0.770. The van der Waals surface area contributed by atoms with Gasteiger partial charge in [-0.15, -0.1) is 0 Å². The highest BCUT2D eigenvalue weighted by atomic mass is 19.1. The van der Waals surface area contributed by atoms with Gasteiger partial charge in [0.25, 0.3) is 0 Å². The lowest BCUT2D eigenvalue weighted by Gasteiger charge is -2.30. The average Bonchev–Trinajstić information content (AvgIpc) is 2.69. The zero-order chi connectivity index (χ0) is 18.8. The Morgan fingerprint density at radius 2 is 2.11 bits per heavy atom. The highest BCUT2D eigenvalue weighted by Crippen LogP contribution is 2.27. The number of anilines is 3. The van der Waals surface area contributed by atoms with Gasteiger partial charge >= 0.3 is 0 Å². The molecule has 0 aliphatic carbocycles. The summed E-state index contributed by atoms with van der Waals surface area (Å²) in [7, 11) is 0. The van der Waals surface area contributed by atoms with E-state index in [9.17, 15) is 4.39 Å². The third kappa shape index (κ3) is 3.42. The van der Waals surface area contributed by atoms with Crippen LogP contribution in [0.4, 0.5) is 21.6 Å². The van der Waals surface area contributed by atoms with Crippen LogP contribution < -0.4 is 10.2 Å². The fourth-order valence-corrected chi connectivity index (χ4v) is 3.27. The van der Waals surface area contributed by atoms with Gasteiger partial charge in [-0.25, -0.2) is 9.37 Å². The molecule has 0 amide bonds. The topological polar surface area (TPSA) is 77.7 Å². The third-order valence-electron chi connectivity index (χ3n) is 4.57. The molecule has 4 rings (SSSR count). The number of nitriles is 1. The molecule has 0 radical (unpaired) electrons. The molecule has 0 unspecified atom stereocenters. The van der Waals surface area contributed by atoms with Crippen molar-refractivity contribution in [1.82, 2.24) is 15.0 Å². The molecule has 4 heterocycles. The van der Waals surface area contributed by atoms with Crippen molar-refractivity contribution in [1.29, 1.82) is 5.26 Å². The molecule has 1 aliphatic rings. The second-order valence-corrected chi connectivity index (χ2v) is 6.46. The number of aromatic nitrogens is 3. The summed E-state index contributed by atoms with van der Waals surface area (Å²) in [5.74, 6) is 0.465. The maximum absolute atomic E-state index is 13.8. The molecule has 134 valence electrons. The summed E-state index contributed by atoms with van der Waals surface area (Å²) in [5.41, 5.74) is 4.73. The van der Waals surface area contributed by atoms with Crippen molar-refractivity contribution >= 4 is 17.2 Å². The fourth-order valence-electron chi connectivity index (χ4n) is 3.27. The smallest absolute Gasteiger partial charge is 0.164 e. The first-order chi connectivity index (χ1) is 13.1. The molecule has 0 saturated heterocycles. The zero-order valence-corrected chi connectivity index (χ0v) is 14.8. The third-order valence-corrected chi connectivity index (χ3v) is 4.57. The van der Waals surface area contributed by atoms with Crippen molar-refractivity contribution in [2.75, 3.05) is 16.8 Å². The monoisotopic (exact) mass is 360 g/mol. The van der Waals surface area contributed by atoms with Crippen molar-refractivity contribution in [3.05, 3.63) is 71.2 Å². The second-order valence-electron chi connectivity index (χ2n) is 6.46. The summed E-state index contributed by atoms with van der Waals surface area (Å²) in [4.78, 5) is 14.9. The van der Waals surface area contributed by atoms with Gasteiger partial charge in [-0.05, 0) is 36.2 Å². The van der Waals surface area contributed by atoms with Crippen LogP contribution in [0.2, 0.25) is 0 Å². The standard InChI is InChI=1S/C20H17FN6/c1-13-6-14(8-22)9-25-20(13)27-5-3-18-15(12-27)7-16(10-24-18)26-19-2-4-23-11-17(19)21/h2,4,6-7,9-11H,3,5,12H2,1H3,(H,23,26). The lowest BCUT2D eigenvalue weighted by atomic mass is 10.0. The lowest BCUT2D eigenvalue weighted by molar-refractivity contribution is 0.625. The van der Waals surface area contributed by atoms with Crippen LogP contribution in [0.5, 0.6) is 0 Å². The fraction of sp³-hybridized carbons (Fsp3) is 0.200. The molecule has 6 nitrogen and oxygen atoms in total. The number of rotatable bonds is 3. The first-order valence-corrected chi connectivity index (χ1v) is 8.60. The Bertz CT molecular complexity index is 1040. The van der Waals surface area contributed by atoms with Crippen molar-refractivity contribution in [3.63, 3.8) is 0 Å². The predicted molar refractivity (Wildman–Crippen MR) is 100 cm³/mol. The van der Waals surface area contributed by atoms with Crippen LogP contribution in [-0.2, 0) is 13.0 Å². The molecule has 27 heavy (non-hydrogen) atoms. The Labute approximate surface area is 156 Å². The van der Waals surface area contributed by atoms with Gasteiger partial charge in [-0.3, -0.25) is 9.97 Å². The van der Waals surface area contributed by atoms with E-state index in [0.717, 1.165) is 41.3 Å². The highest BCUT2D eigenvalue weighted by Gasteiger charge is 2.20. The van der Waals surface area contributed by atoms with Gasteiger partial charge in [0.15, 0.2) is 5.82 Å². The summed E-state index contributed by atoms with van der Waals surface area (Å²) < 4.78 is 13.8. The summed E-state index contributed by atoms with van der Waals surface area (Å²) >= 11 is 0. The van der Waals surface area contributed by atoms with Crippen LogP contribution >= 0.6 is 0 Å². The molecule has 0 fully saturated rings. The number of pyridine rings is 3. The Hall–Kier alpha value is -3.53. The van der Waals surface area contributed by atoms with Crippen LogP contribution in [0, 0.1) is 24.1 Å². The summed E-state index contributed by atoms with van der Waals surface area (Å²) in [6.07, 6.45) is 6.84. The predicted octanol–water partition coefficient (Wildman–Crippen LogP) is 3.50. The van der Waals surface area contributed by atoms with Crippen LogP contribution in [-0.4, -0.2) is 21.5 Å². The van der Waals surface area contributed by atoms with Crippen molar-refractivity contribution in [3.8, 4) is 6.07 Å². The van der Waals surface area contributed by atoms with E-state index in [-0.39, 0.29) is 0 Å². The lowest BCUT2D eigenvalue weighted by Crippen LogP contribution is -2.32. The minimum absolute atomic E-state index is 0.365. The number of hydrogen-bond donors (Lipinski definition) is 1. The van der Waals surface area contributed by atoms with Gasteiger partial charge in [0.05, 0.1) is 29.3 Å². The number of hydrogen-bond acceptors (Lipinski definition) is 6. The van der Waals surface area contributed by atoms with E-state index < -0.39 is 5.82 Å². The maximum atomic E-state index is 13.8. The van der Waals surface area contributed by atoms with E-state index >= 15 is 0 Å².